The number of benzene rings is 2. The molecule has 8 nitrogen and oxygen atoms in total. The molecule has 1 aliphatic heterocycles. The molecule has 0 unspecified atom stereocenters. The van der Waals surface area contributed by atoms with Crippen molar-refractivity contribution in [2.45, 2.75) is 25.6 Å². The molecule has 0 saturated carbocycles. The van der Waals surface area contributed by atoms with E-state index in [4.69, 9.17) is 9.47 Å². The zero-order chi connectivity index (χ0) is 20.1. The van der Waals surface area contributed by atoms with Crippen molar-refractivity contribution < 1.29 is 28.2 Å². The van der Waals surface area contributed by atoms with E-state index in [1.54, 1.807) is 24.3 Å². The monoisotopic (exact) mass is 387 g/mol. The standard InChI is InChI=1S/C19H18FN3O5/c1-11(27-13-8-6-12(20)7-9-13)18(25)23-22-17(24)10-16-19(26)21-14-4-2-3-5-15(14)28-16/h2-9,11,16H,10H2,1H3,(H,21,26)(H,22,24)(H,23,25)/t11-,16-/m0/s1. The number of halogens is 1. The predicted octanol–water partition coefficient (Wildman–Crippen LogP) is 1.53. The first-order chi connectivity index (χ1) is 13.4. The molecule has 3 rings (SSSR count). The summed E-state index contributed by atoms with van der Waals surface area (Å²) in [7, 11) is 0. The number of rotatable bonds is 5. The second-order valence-corrected chi connectivity index (χ2v) is 6.05. The lowest BCUT2D eigenvalue weighted by atomic mass is 10.1. The predicted molar refractivity (Wildman–Crippen MR) is 96.9 cm³/mol. The average molecular weight is 387 g/mol. The van der Waals surface area contributed by atoms with Crippen molar-refractivity contribution >= 4 is 23.4 Å². The lowest BCUT2D eigenvalue weighted by Gasteiger charge is -2.25. The molecule has 0 fully saturated rings. The Morgan fingerprint density at radius 1 is 1.18 bits per heavy atom. The van der Waals surface area contributed by atoms with E-state index < -0.39 is 35.7 Å². The van der Waals surface area contributed by atoms with E-state index in [2.05, 4.69) is 16.2 Å². The van der Waals surface area contributed by atoms with E-state index in [-0.39, 0.29) is 6.42 Å². The summed E-state index contributed by atoms with van der Waals surface area (Å²) in [4.78, 5) is 36.0. The summed E-state index contributed by atoms with van der Waals surface area (Å²) in [5.41, 5.74) is 4.96. The molecule has 28 heavy (non-hydrogen) atoms. The van der Waals surface area contributed by atoms with Crippen LogP contribution < -0.4 is 25.6 Å². The van der Waals surface area contributed by atoms with Crippen molar-refractivity contribution in [3.8, 4) is 11.5 Å². The van der Waals surface area contributed by atoms with Crippen molar-refractivity contribution in [2.75, 3.05) is 5.32 Å². The van der Waals surface area contributed by atoms with Gasteiger partial charge in [-0.3, -0.25) is 25.2 Å². The molecular weight excluding hydrogens is 369 g/mol. The number of carbonyl (C=O) groups is 3. The van der Waals surface area contributed by atoms with Crippen molar-refractivity contribution in [3.05, 3.63) is 54.3 Å². The summed E-state index contributed by atoms with van der Waals surface area (Å²) < 4.78 is 23.7. The first-order valence-electron chi connectivity index (χ1n) is 8.50. The number of hydrogen-bond donors (Lipinski definition) is 3. The smallest absolute Gasteiger partial charge is 0.279 e. The van der Waals surface area contributed by atoms with Crippen LogP contribution in [0.2, 0.25) is 0 Å². The fraction of sp³-hybridized carbons (Fsp3) is 0.211. The largest absolute Gasteiger partial charge is 0.481 e. The summed E-state index contributed by atoms with van der Waals surface area (Å²) in [6.07, 6.45) is -2.24. The van der Waals surface area contributed by atoms with Gasteiger partial charge in [0.1, 0.15) is 17.3 Å². The number of ether oxygens (including phenoxy) is 2. The van der Waals surface area contributed by atoms with E-state index in [1.807, 2.05) is 0 Å². The highest BCUT2D eigenvalue weighted by Crippen LogP contribution is 2.29. The molecule has 3 amide bonds. The Kier molecular flexibility index (Phi) is 5.73. The first-order valence-corrected chi connectivity index (χ1v) is 8.50. The van der Waals surface area contributed by atoms with E-state index in [1.165, 1.54) is 31.2 Å². The van der Waals surface area contributed by atoms with Gasteiger partial charge in [0.25, 0.3) is 11.8 Å². The number of para-hydroxylation sites is 2. The van der Waals surface area contributed by atoms with Gasteiger partial charge < -0.3 is 14.8 Å². The Hall–Kier alpha value is -3.62. The number of hydrazine groups is 1. The Morgan fingerprint density at radius 2 is 1.89 bits per heavy atom. The van der Waals surface area contributed by atoms with Gasteiger partial charge in [0.15, 0.2) is 12.2 Å². The van der Waals surface area contributed by atoms with Crippen LogP contribution in [0.3, 0.4) is 0 Å². The number of amides is 3. The minimum atomic E-state index is -1.01. The topological polar surface area (TPSA) is 106 Å². The number of fused-ring (bicyclic) bond motifs is 1. The summed E-state index contributed by atoms with van der Waals surface area (Å²) in [5, 5.41) is 2.65. The van der Waals surface area contributed by atoms with E-state index in [9.17, 15) is 18.8 Å². The molecule has 2 aromatic rings. The lowest BCUT2D eigenvalue weighted by Crippen LogP contribution is -2.49. The second-order valence-electron chi connectivity index (χ2n) is 6.05. The highest BCUT2D eigenvalue weighted by Gasteiger charge is 2.29. The molecule has 0 bridgehead atoms. The lowest BCUT2D eigenvalue weighted by molar-refractivity contribution is -0.135. The van der Waals surface area contributed by atoms with Gasteiger partial charge in [-0.05, 0) is 43.3 Å². The quantitative estimate of drug-likeness (QED) is 0.675. The van der Waals surface area contributed by atoms with Gasteiger partial charge in [0.2, 0.25) is 5.91 Å². The van der Waals surface area contributed by atoms with Crippen LogP contribution >= 0.6 is 0 Å². The number of carbonyl (C=O) groups excluding carboxylic acids is 3. The molecule has 0 spiro atoms. The zero-order valence-electron chi connectivity index (χ0n) is 14.9. The average Bonchev–Trinajstić information content (AvgIpc) is 2.68. The Morgan fingerprint density at radius 3 is 2.64 bits per heavy atom. The molecule has 3 N–H and O–H groups in total. The third-order valence-corrected chi connectivity index (χ3v) is 3.90. The number of hydrogen-bond acceptors (Lipinski definition) is 5. The van der Waals surface area contributed by atoms with Gasteiger partial charge in [-0.1, -0.05) is 12.1 Å². The third kappa shape index (κ3) is 4.76. The Balaban J connectivity index is 1.46. The fourth-order valence-electron chi connectivity index (χ4n) is 2.45. The molecule has 0 aliphatic carbocycles. The van der Waals surface area contributed by atoms with Crippen LogP contribution in [0.5, 0.6) is 11.5 Å². The highest BCUT2D eigenvalue weighted by molar-refractivity contribution is 6.00. The van der Waals surface area contributed by atoms with Crippen molar-refractivity contribution in [2.24, 2.45) is 0 Å². The van der Waals surface area contributed by atoms with E-state index in [0.29, 0.717) is 17.2 Å². The van der Waals surface area contributed by atoms with E-state index >= 15 is 0 Å². The van der Waals surface area contributed by atoms with Gasteiger partial charge >= 0.3 is 0 Å². The molecule has 0 saturated heterocycles. The molecule has 2 aromatic carbocycles. The number of anilines is 1. The molecule has 1 aliphatic rings. The van der Waals surface area contributed by atoms with Crippen LogP contribution in [-0.4, -0.2) is 29.9 Å². The maximum absolute atomic E-state index is 12.9. The minimum Gasteiger partial charge on any atom is -0.481 e. The van der Waals surface area contributed by atoms with Crippen molar-refractivity contribution in [1.29, 1.82) is 0 Å². The first kappa shape index (κ1) is 19.2. The van der Waals surface area contributed by atoms with Gasteiger partial charge in [0.05, 0.1) is 12.1 Å². The van der Waals surface area contributed by atoms with Crippen molar-refractivity contribution in [1.82, 2.24) is 10.9 Å². The molecule has 0 radical (unpaired) electrons. The Labute approximate surface area is 160 Å². The van der Waals surface area contributed by atoms with Gasteiger partial charge in [-0.15, -0.1) is 0 Å². The minimum absolute atomic E-state index is 0.284. The molecule has 9 heteroatoms. The van der Waals surface area contributed by atoms with Crippen LogP contribution in [0, 0.1) is 5.82 Å². The van der Waals surface area contributed by atoms with Crippen LogP contribution in [0.4, 0.5) is 10.1 Å². The van der Waals surface area contributed by atoms with Crippen LogP contribution in [0.25, 0.3) is 0 Å². The summed E-state index contributed by atoms with van der Waals surface area (Å²) in [6, 6.07) is 12.0. The maximum Gasteiger partial charge on any atom is 0.279 e. The number of nitrogens with one attached hydrogen (secondary N) is 3. The second kappa shape index (κ2) is 8.38. The fourth-order valence-corrected chi connectivity index (χ4v) is 2.45. The normalized spacial score (nSPS) is 16.1. The van der Waals surface area contributed by atoms with Crippen LogP contribution in [0.15, 0.2) is 48.5 Å². The zero-order valence-corrected chi connectivity index (χ0v) is 14.9. The van der Waals surface area contributed by atoms with Crippen molar-refractivity contribution in [3.63, 3.8) is 0 Å². The summed E-state index contributed by atoms with van der Waals surface area (Å²) in [5.74, 6) is -1.33. The van der Waals surface area contributed by atoms with Gasteiger partial charge in [-0.25, -0.2) is 4.39 Å². The van der Waals surface area contributed by atoms with Crippen LogP contribution in [-0.2, 0) is 14.4 Å². The summed E-state index contributed by atoms with van der Waals surface area (Å²) in [6.45, 7) is 1.47. The van der Waals surface area contributed by atoms with Gasteiger partial charge in [-0.2, -0.15) is 0 Å². The highest BCUT2D eigenvalue weighted by atomic mass is 19.1. The molecular formula is C19H18FN3O5. The molecule has 146 valence electrons. The SMILES string of the molecule is C[C@H](Oc1ccc(F)cc1)C(=O)NNC(=O)C[C@@H]1Oc2ccccc2NC1=O. The molecule has 0 aromatic heterocycles. The van der Waals surface area contributed by atoms with Gasteiger partial charge in [0, 0.05) is 0 Å². The maximum atomic E-state index is 12.9. The summed E-state index contributed by atoms with van der Waals surface area (Å²) >= 11 is 0. The van der Waals surface area contributed by atoms with E-state index in [0.717, 1.165) is 0 Å². The Bertz CT molecular complexity index is 887. The third-order valence-electron chi connectivity index (χ3n) is 3.90. The molecule has 2 atom stereocenters. The van der Waals surface area contributed by atoms with Crippen LogP contribution in [0.1, 0.15) is 13.3 Å². The molecule has 1 heterocycles.